The molecule has 0 radical (unpaired) electrons. The van der Waals surface area contributed by atoms with E-state index in [0.29, 0.717) is 29.6 Å². The molecule has 3 aromatic rings. The molecule has 0 unspecified atom stereocenters. The minimum atomic E-state index is -3.82. The van der Waals surface area contributed by atoms with Crippen molar-refractivity contribution in [1.82, 2.24) is 8.96 Å². The third-order valence-corrected chi connectivity index (χ3v) is 6.24. The molecule has 142 valence electrons. The van der Waals surface area contributed by atoms with E-state index in [4.69, 9.17) is 11.6 Å². The molecule has 0 saturated carbocycles. The molecule has 0 saturated heterocycles. The monoisotopic (exact) mass is 406 g/mol. The fourth-order valence-electron chi connectivity index (χ4n) is 2.88. The molecule has 27 heavy (non-hydrogen) atoms. The van der Waals surface area contributed by atoms with Gasteiger partial charge < -0.3 is 4.74 Å². The summed E-state index contributed by atoms with van der Waals surface area (Å²) >= 11 is 5.96. The lowest BCUT2D eigenvalue weighted by Gasteiger charge is -2.12. The number of rotatable bonds is 6. The van der Waals surface area contributed by atoms with Crippen molar-refractivity contribution in [2.24, 2.45) is 0 Å². The summed E-state index contributed by atoms with van der Waals surface area (Å²) in [5.41, 5.74) is 2.46. The topological polar surface area (TPSA) is 78.3 Å². The highest BCUT2D eigenvalue weighted by Crippen LogP contribution is 2.27. The van der Waals surface area contributed by atoms with E-state index < -0.39 is 10.0 Å². The van der Waals surface area contributed by atoms with Gasteiger partial charge in [-0.2, -0.15) is 0 Å². The van der Waals surface area contributed by atoms with Gasteiger partial charge in [-0.05, 0) is 50.1 Å². The van der Waals surface area contributed by atoms with E-state index in [1.165, 1.54) is 11.1 Å². The largest absolute Gasteiger partial charge is 0.469 e. The number of hydrogen-bond donors (Lipinski definition) is 0. The summed E-state index contributed by atoms with van der Waals surface area (Å²) in [7, 11) is -2.49. The van der Waals surface area contributed by atoms with Crippen molar-refractivity contribution < 1.29 is 17.9 Å². The van der Waals surface area contributed by atoms with Crippen LogP contribution in [0.15, 0.2) is 47.4 Å². The third kappa shape index (κ3) is 3.99. The first-order valence-electron chi connectivity index (χ1n) is 8.39. The molecule has 3 rings (SSSR count). The Morgan fingerprint density at radius 3 is 2.56 bits per heavy atom. The quantitative estimate of drug-likeness (QED) is 0.460. The smallest absolute Gasteiger partial charge is 0.305 e. The summed E-state index contributed by atoms with van der Waals surface area (Å²) in [5.74, 6) is -0.333. The number of esters is 1. The molecule has 0 atom stereocenters. The van der Waals surface area contributed by atoms with E-state index in [9.17, 15) is 13.2 Å². The van der Waals surface area contributed by atoms with Gasteiger partial charge in [-0.1, -0.05) is 29.3 Å². The zero-order valence-electron chi connectivity index (χ0n) is 15.0. The Bertz CT molecular complexity index is 1090. The van der Waals surface area contributed by atoms with Gasteiger partial charge >= 0.3 is 5.97 Å². The van der Waals surface area contributed by atoms with Crippen LogP contribution in [0.25, 0.3) is 11.0 Å². The van der Waals surface area contributed by atoms with Crippen LogP contribution in [0.1, 0.15) is 24.1 Å². The SMILES string of the molecule is COC(=O)CCCc1cc2nc(Cl)ccc2n1S(=O)(=O)c1ccc(C)cc1. The minimum Gasteiger partial charge on any atom is -0.469 e. The summed E-state index contributed by atoms with van der Waals surface area (Å²) in [4.78, 5) is 15.8. The van der Waals surface area contributed by atoms with Crippen LogP contribution >= 0.6 is 11.6 Å². The Kier molecular flexibility index (Phi) is 5.53. The van der Waals surface area contributed by atoms with Gasteiger partial charge in [0.25, 0.3) is 10.0 Å². The second kappa shape index (κ2) is 7.70. The summed E-state index contributed by atoms with van der Waals surface area (Å²) in [6.07, 6.45) is 1.05. The van der Waals surface area contributed by atoms with Gasteiger partial charge in [-0.15, -0.1) is 0 Å². The summed E-state index contributed by atoms with van der Waals surface area (Å²) in [6.45, 7) is 1.89. The average molecular weight is 407 g/mol. The van der Waals surface area contributed by atoms with Gasteiger partial charge in [-0.3, -0.25) is 4.79 Å². The maximum atomic E-state index is 13.3. The Labute approximate surface area is 162 Å². The Morgan fingerprint density at radius 2 is 1.89 bits per heavy atom. The number of fused-ring (bicyclic) bond motifs is 1. The normalized spacial score (nSPS) is 11.7. The van der Waals surface area contributed by atoms with Crippen LogP contribution < -0.4 is 0 Å². The molecule has 8 heteroatoms. The van der Waals surface area contributed by atoms with E-state index >= 15 is 0 Å². The van der Waals surface area contributed by atoms with Gasteiger partial charge in [0.15, 0.2) is 0 Å². The number of halogens is 1. The molecule has 2 heterocycles. The number of nitrogens with zero attached hydrogens (tertiary/aromatic N) is 2. The number of benzene rings is 1. The molecule has 1 aromatic carbocycles. The second-order valence-corrected chi connectivity index (χ2v) is 8.36. The van der Waals surface area contributed by atoms with Crippen molar-refractivity contribution in [2.45, 2.75) is 31.1 Å². The summed E-state index contributed by atoms with van der Waals surface area (Å²) in [6, 6.07) is 11.6. The van der Waals surface area contributed by atoms with Crippen LogP contribution in [-0.4, -0.2) is 30.5 Å². The average Bonchev–Trinajstić information content (AvgIpc) is 2.99. The number of hydrogen-bond acceptors (Lipinski definition) is 5. The predicted octanol–water partition coefficient (Wildman–Crippen LogP) is 3.73. The Balaban J connectivity index is 2.09. The molecule has 0 amide bonds. The number of aryl methyl sites for hydroxylation is 2. The predicted molar refractivity (Wildman–Crippen MR) is 103 cm³/mol. The van der Waals surface area contributed by atoms with E-state index in [2.05, 4.69) is 9.72 Å². The minimum absolute atomic E-state index is 0.190. The molecule has 0 aliphatic rings. The molecular weight excluding hydrogens is 388 g/mol. The lowest BCUT2D eigenvalue weighted by Crippen LogP contribution is -2.16. The van der Waals surface area contributed by atoms with Crippen LogP contribution in [0.2, 0.25) is 5.15 Å². The first-order chi connectivity index (χ1) is 12.8. The molecule has 0 spiro atoms. The fourth-order valence-corrected chi connectivity index (χ4v) is 4.59. The molecule has 2 aromatic heterocycles. The van der Waals surface area contributed by atoms with Crippen molar-refractivity contribution >= 4 is 38.6 Å². The summed E-state index contributed by atoms with van der Waals surface area (Å²) in [5, 5.41) is 0.286. The maximum Gasteiger partial charge on any atom is 0.305 e. The molecule has 6 nitrogen and oxygen atoms in total. The molecular formula is C19H19ClN2O4S. The highest BCUT2D eigenvalue weighted by atomic mass is 35.5. The molecule has 0 aliphatic heterocycles. The van der Waals surface area contributed by atoms with Gasteiger partial charge in [0.05, 0.1) is 23.0 Å². The lowest BCUT2D eigenvalue weighted by atomic mass is 10.2. The van der Waals surface area contributed by atoms with Crippen molar-refractivity contribution in [3.63, 3.8) is 0 Å². The lowest BCUT2D eigenvalue weighted by molar-refractivity contribution is -0.140. The third-order valence-electron chi connectivity index (χ3n) is 4.25. The Hall–Kier alpha value is -2.38. The molecule has 0 N–H and O–H groups in total. The number of pyridine rings is 1. The van der Waals surface area contributed by atoms with Crippen molar-refractivity contribution in [3.05, 3.63) is 58.9 Å². The van der Waals surface area contributed by atoms with Gasteiger partial charge in [-0.25, -0.2) is 17.4 Å². The highest BCUT2D eigenvalue weighted by molar-refractivity contribution is 7.90. The van der Waals surface area contributed by atoms with Crippen LogP contribution in [-0.2, 0) is 26.0 Å². The van der Waals surface area contributed by atoms with Crippen molar-refractivity contribution in [3.8, 4) is 0 Å². The highest BCUT2D eigenvalue weighted by Gasteiger charge is 2.23. The second-order valence-electron chi connectivity index (χ2n) is 6.19. The van der Waals surface area contributed by atoms with Gasteiger partial charge in [0.2, 0.25) is 0 Å². The summed E-state index contributed by atoms with van der Waals surface area (Å²) < 4.78 is 32.5. The standard InChI is InChI=1S/C19H19ClN2O4S/c1-13-6-8-15(9-7-13)27(24,25)22-14(4-3-5-19(23)26-2)12-16-17(22)10-11-18(20)21-16/h6-12H,3-5H2,1-2H3. The number of ether oxygens (including phenoxy) is 1. The fraction of sp³-hybridized carbons (Fsp3) is 0.263. The maximum absolute atomic E-state index is 13.3. The molecule has 0 aliphatic carbocycles. The van der Waals surface area contributed by atoms with Crippen molar-refractivity contribution in [2.75, 3.05) is 7.11 Å². The van der Waals surface area contributed by atoms with E-state index in [-0.39, 0.29) is 22.4 Å². The molecule has 0 bridgehead atoms. The molecule has 0 fully saturated rings. The van der Waals surface area contributed by atoms with E-state index in [0.717, 1.165) is 5.56 Å². The van der Waals surface area contributed by atoms with Crippen LogP contribution in [0.5, 0.6) is 0 Å². The Morgan fingerprint density at radius 1 is 1.19 bits per heavy atom. The van der Waals surface area contributed by atoms with E-state index in [1.807, 2.05) is 6.92 Å². The van der Waals surface area contributed by atoms with Crippen molar-refractivity contribution in [1.29, 1.82) is 0 Å². The first kappa shape index (κ1) is 19.4. The number of aromatic nitrogens is 2. The van der Waals surface area contributed by atoms with Gasteiger partial charge in [0, 0.05) is 12.1 Å². The number of carbonyl (C=O) groups is 1. The number of methoxy groups -OCH3 is 1. The first-order valence-corrected chi connectivity index (χ1v) is 10.2. The zero-order chi connectivity index (χ0) is 19.6. The van der Waals surface area contributed by atoms with Crippen LogP contribution in [0.4, 0.5) is 0 Å². The van der Waals surface area contributed by atoms with Crippen LogP contribution in [0.3, 0.4) is 0 Å². The zero-order valence-corrected chi connectivity index (χ0v) is 16.5. The number of carbonyl (C=O) groups excluding carboxylic acids is 1. The van der Waals surface area contributed by atoms with Crippen LogP contribution in [0, 0.1) is 6.92 Å². The van der Waals surface area contributed by atoms with Gasteiger partial charge in [0.1, 0.15) is 5.15 Å². The van der Waals surface area contributed by atoms with E-state index in [1.54, 1.807) is 42.5 Å².